The van der Waals surface area contributed by atoms with Gasteiger partial charge in [-0.3, -0.25) is 4.79 Å². The van der Waals surface area contributed by atoms with Crippen LogP contribution in [0.5, 0.6) is 0 Å². The van der Waals surface area contributed by atoms with Crippen LogP contribution in [0.25, 0.3) is 10.6 Å². The highest BCUT2D eigenvalue weighted by molar-refractivity contribution is 9.10. The van der Waals surface area contributed by atoms with Crippen molar-refractivity contribution in [3.8, 4) is 10.6 Å². The predicted molar refractivity (Wildman–Crippen MR) is 59.6 cm³/mol. The van der Waals surface area contributed by atoms with Crippen molar-refractivity contribution < 1.29 is 4.79 Å². The maximum atomic E-state index is 11.0. The van der Waals surface area contributed by atoms with Gasteiger partial charge in [-0.2, -0.15) is 0 Å². The van der Waals surface area contributed by atoms with Crippen molar-refractivity contribution in [3.05, 3.63) is 27.9 Å². The molecule has 0 fully saturated rings. The zero-order chi connectivity index (χ0) is 10.1. The number of hydrogen-bond donors (Lipinski definition) is 1. The van der Waals surface area contributed by atoms with Gasteiger partial charge >= 0.3 is 0 Å². The standard InChI is InChI=1S/C9H7BrN2OS/c1-5(13)9-11-3-7(12-9)8-2-6(10)4-14-8/h2-4H,1H3,(H,11,12). The number of thiophene rings is 1. The Balaban J connectivity index is 2.38. The summed E-state index contributed by atoms with van der Waals surface area (Å²) < 4.78 is 1.04. The molecule has 2 heterocycles. The summed E-state index contributed by atoms with van der Waals surface area (Å²) in [4.78, 5) is 19.0. The number of nitrogens with zero attached hydrogens (tertiary/aromatic N) is 1. The molecule has 0 saturated carbocycles. The van der Waals surface area contributed by atoms with Crippen LogP contribution in [0.15, 0.2) is 22.1 Å². The van der Waals surface area contributed by atoms with Crippen LogP contribution in [-0.2, 0) is 0 Å². The molecule has 5 heteroatoms. The minimum atomic E-state index is -0.0492. The van der Waals surface area contributed by atoms with E-state index in [0.29, 0.717) is 5.82 Å². The summed E-state index contributed by atoms with van der Waals surface area (Å²) in [6.45, 7) is 1.49. The topological polar surface area (TPSA) is 45.8 Å². The van der Waals surface area contributed by atoms with Crippen molar-refractivity contribution >= 4 is 33.0 Å². The number of carbonyl (C=O) groups excluding carboxylic acids is 1. The lowest BCUT2D eigenvalue weighted by atomic mass is 10.4. The number of imidazole rings is 1. The van der Waals surface area contributed by atoms with E-state index < -0.39 is 0 Å². The van der Waals surface area contributed by atoms with E-state index in [4.69, 9.17) is 0 Å². The van der Waals surface area contributed by atoms with Crippen LogP contribution in [0, 0.1) is 0 Å². The number of rotatable bonds is 2. The van der Waals surface area contributed by atoms with Crippen LogP contribution >= 0.6 is 27.3 Å². The average Bonchev–Trinajstić information content (AvgIpc) is 2.70. The van der Waals surface area contributed by atoms with Crippen LogP contribution in [0.4, 0.5) is 0 Å². The molecular weight excluding hydrogens is 264 g/mol. The van der Waals surface area contributed by atoms with E-state index in [1.807, 2.05) is 11.4 Å². The number of hydrogen-bond acceptors (Lipinski definition) is 3. The molecule has 0 aliphatic heterocycles. The van der Waals surface area contributed by atoms with Gasteiger partial charge in [0.25, 0.3) is 0 Å². The Morgan fingerprint density at radius 2 is 2.43 bits per heavy atom. The molecule has 72 valence electrons. The Morgan fingerprint density at radius 3 is 2.93 bits per heavy atom. The number of carbonyl (C=O) groups is 1. The lowest BCUT2D eigenvalue weighted by Gasteiger charge is -1.88. The van der Waals surface area contributed by atoms with E-state index in [2.05, 4.69) is 25.9 Å². The Labute approximate surface area is 93.3 Å². The highest BCUT2D eigenvalue weighted by Crippen LogP contribution is 2.28. The predicted octanol–water partition coefficient (Wildman–Crippen LogP) is 3.10. The normalized spacial score (nSPS) is 10.4. The molecule has 0 amide bonds. The first-order valence-corrected chi connectivity index (χ1v) is 5.64. The van der Waals surface area contributed by atoms with Gasteiger partial charge in [-0.1, -0.05) is 0 Å². The van der Waals surface area contributed by atoms with Crippen molar-refractivity contribution in [2.45, 2.75) is 6.92 Å². The summed E-state index contributed by atoms with van der Waals surface area (Å²) in [5.41, 5.74) is 0.880. The zero-order valence-corrected chi connectivity index (χ0v) is 9.78. The number of ketones is 1. The van der Waals surface area contributed by atoms with E-state index in [1.165, 1.54) is 6.92 Å². The first-order chi connectivity index (χ1) is 6.66. The van der Waals surface area contributed by atoms with Crippen molar-refractivity contribution in [1.82, 2.24) is 9.97 Å². The van der Waals surface area contributed by atoms with Crippen LogP contribution in [-0.4, -0.2) is 15.8 Å². The second-order valence-corrected chi connectivity index (χ2v) is 4.66. The van der Waals surface area contributed by atoms with Gasteiger partial charge in [0.2, 0.25) is 0 Å². The van der Waals surface area contributed by atoms with Crippen molar-refractivity contribution in [2.75, 3.05) is 0 Å². The van der Waals surface area contributed by atoms with Gasteiger partial charge in [0.05, 0.1) is 16.8 Å². The molecule has 0 spiro atoms. The highest BCUT2D eigenvalue weighted by Gasteiger charge is 2.07. The third kappa shape index (κ3) is 1.78. The molecule has 0 bridgehead atoms. The first kappa shape index (κ1) is 9.61. The van der Waals surface area contributed by atoms with E-state index in [1.54, 1.807) is 17.5 Å². The summed E-state index contributed by atoms with van der Waals surface area (Å²) in [6, 6.07) is 1.99. The molecule has 2 aromatic heterocycles. The second-order valence-electron chi connectivity index (χ2n) is 2.83. The number of H-pyrrole nitrogens is 1. The molecule has 0 unspecified atom stereocenters. The zero-order valence-electron chi connectivity index (χ0n) is 7.37. The first-order valence-electron chi connectivity index (χ1n) is 3.97. The summed E-state index contributed by atoms with van der Waals surface area (Å²) in [5, 5.41) is 1.99. The van der Waals surface area contributed by atoms with Gasteiger partial charge in [0, 0.05) is 16.8 Å². The Morgan fingerprint density at radius 1 is 1.64 bits per heavy atom. The molecule has 0 aliphatic carbocycles. The Kier molecular flexibility index (Phi) is 2.52. The Bertz CT molecular complexity index is 475. The van der Waals surface area contributed by atoms with Crippen LogP contribution in [0.2, 0.25) is 0 Å². The summed E-state index contributed by atoms with van der Waals surface area (Å²) in [7, 11) is 0. The maximum absolute atomic E-state index is 11.0. The van der Waals surface area contributed by atoms with Crippen LogP contribution in [0.1, 0.15) is 17.5 Å². The van der Waals surface area contributed by atoms with Gasteiger partial charge in [0.15, 0.2) is 11.6 Å². The molecule has 2 rings (SSSR count). The fourth-order valence-corrected chi connectivity index (χ4v) is 2.47. The summed E-state index contributed by atoms with van der Waals surface area (Å²) in [6.07, 6.45) is 1.68. The minimum absolute atomic E-state index is 0.0492. The van der Waals surface area contributed by atoms with Gasteiger partial charge < -0.3 is 4.98 Å². The Hall–Kier alpha value is -0.940. The van der Waals surface area contributed by atoms with Gasteiger partial charge in [-0.25, -0.2) is 4.98 Å². The number of aromatic nitrogens is 2. The fraction of sp³-hybridized carbons (Fsp3) is 0.111. The fourth-order valence-electron chi connectivity index (χ4n) is 1.08. The molecule has 0 aromatic carbocycles. The second kappa shape index (κ2) is 3.67. The summed E-state index contributed by atoms with van der Waals surface area (Å²) in [5.74, 6) is 0.358. The molecule has 0 aliphatic rings. The third-order valence-electron chi connectivity index (χ3n) is 1.74. The lowest BCUT2D eigenvalue weighted by molar-refractivity contribution is 0.100. The smallest absolute Gasteiger partial charge is 0.194 e. The van der Waals surface area contributed by atoms with Crippen LogP contribution in [0.3, 0.4) is 0 Å². The number of nitrogens with one attached hydrogen (secondary N) is 1. The molecule has 0 saturated heterocycles. The van der Waals surface area contributed by atoms with E-state index in [0.717, 1.165) is 15.0 Å². The number of Topliss-reactive ketones (excluding diaryl/α,β-unsaturated/α-hetero) is 1. The van der Waals surface area contributed by atoms with E-state index in [9.17, 15) is 4.79 Å². The monoisotopic (exact) mass is 270 g/mol. The van der Waals surface area contributed by atoms with Gasteiger partial charge in [0.1, 0.15) is 0 Å². The van der Waals surface area contributed by atoms with Crippen LogP contribution < -0.4 is 0 Å². The lowest BCUT2D eigenvalue weighted by Crippen LogP contribution is -1.93. The van der Waals surface area contributed by atoms with Crippen molar-refractivity contribution in [1.29, 1.82) is 0 Å². The highest BCUT2D eigenvalue weighted by atomic mass is 79.9. The SMILES string of the molecule is CC(=O)c1ncc(-c2cc(Br)cs2)[nH]1. The van der Waals surface area contributed by atoms with Gasteiger partial charge in [-0.15, -0.1) is 11.3 Å². The quantitative estimate of drug-likeness (QED) is 0.853. The van der Waals surface area contributed by atoms with Crippen molar-refractivity contribution in [2.24, 2.45) is 0 Å². The van der Waals surface area contributed by atoms with E-state index in [-0.39, 0.29) is 5.78 Å². The molecule has 0 radical (unpaired) electrons. The molecule has 1 N–H and O–H groups in total. The molecular formula is C9H7BrN2OS. The number of aromatic amines is 1. The maximum Gasteiger partial charge on any atom is 0.194 e. The molecule has 2 aromatic rings. The molecule has 3 nitrogen and oxygen atoms in total. The average molecular weight is 271 g/mol. The molecule has 0 atom stereocenters. The summed E-state index contributed by atoms with van der Waals surface area (Å²) >= 11 is 4.97. The number of halogens is 1. The largest absolute Gasteiger partial charge is 0.335 e. The molecule has 14 heavy (non-hydrogen) atoms. The minimum Gasteiger partial charge on any atom is -0.335 e. The van der Waals surface area contributed by atoms with Gasteiger partial charge in [-0.05, 0) is 22.0 Å². The third-order valence-corrected chi connectivity index (χ3v) is 3.47. The van der Waals surface area contributed by atoms with Crippen molar-refractivity contribution in [3.63, 3.8) is 0 Å². The van der Waals surface area contributed by atoms with E-state index >= 15 is 0 Å².